The Labute approximate surface area is 154 Å². The zero-order valence-electron chi connectivity index (χ0n) is 13.1. The zero-order valence-corrected chi connectivity index (χ0v) is 14.7. The second-order valence-electron chi connectivity index (χ2n) is 5.05. The van der Waals surface area contributed by atoms with Crippen LogP contribution >= 0.6 is 23.4 Å². The van der Waals surface area contributed by atoms with E-state index in [1.807, 2.05) is 0 Å². The third-order valence-electron chi connectivity index (χ3n) is 3.15. The summed E-state index contributed by atoms with van der Waals surface area (Å²) in [6.07, 6.45) is -3.80. The van der Waals surface area contributed by atoms with Crippen LogP contribution in [0.25, 0.3) is 0 Å². The smallest absolute Gasteiger partial charge is 0.324 e. The van der Waals surface area contributed by atoms with E-state index in [2.05, 4.69) is 10.3 Å². The summed E-state index contributed by atoms with van der Waals surface area (Å²) in [6.45, 7) is 1.52. The van der Waals surface area contributed by atoms with Crippen LogP contribution in [0, 0.1) is 10.1 Å². The van der Waals surface area contributed by atoms with Gasteiger partial charge in [0, 0.05) is 18.3 Å². The number of halogens is 4. The first kappa shape index (κ1) is 20.0. The van der Waals surface area contributed by atoms with Gasteiger partial charge < -0.3 is 5.32 Å². The molecular formula is C15H11ClF3N3O3S. The quantitative estimate of drug-likeness (QED) is 0.439. The van der Waals surface area contributed by atoms with E-state index in [1.54, 1.807) is 0 Å². The van der Waals surface area contributed by atoms with Gasteiger partial charge in [0.1, 0.15) is 0 Å². The van der Waals surface area contributed by atoms with Gasteiger partial charge in [-0.1, -0.05) is 23.4 Å². The first-order valence-electron chi connectivity index (χ1n) is 7.02. The number of hydrogen-bond acceptors (Lipinski definition) is 5. The number of pyridine rings is 1. The molecule has 2 rings (SSSR count). The number of aromatic nitrogens is 1. The molecule has 0 saturated carbocycles. The molecular weight excluding hydrogens is 395 g/mol. The average Bonchev–Trinajstić information content (AvgIpc) is 2.56. The largest absolute Gasteiger partial charge is 0.417 e. The molecule has 1 heterocycles. The number of anilines is 1. The lowest BCUT2D eigenvalue weighted by molar-refractivity contribution is -0.384. The minimum Gasteiger partial charge on any atom is -0.324 e. The molecule has 0 spiro atoms. The second-order valence-corrected chi connectivity index (χ2v) is 6.82. The van der Waals surface area contributed by atoms with Gasteiger partial charge in [-0.25, -0.2) is 4.98 Å². The minimum absolute atomic E-state index is 0.0682. The molecule has 1 N–H and O–H groups in total. The molecule has 1 amide bonds. The normalized spacial score (nSPS) is 12.5. The lowest BCUT2D eigenvalue weighted by Crippen LogP contribution is -2.22. The molecule has 0 saturated heterocycles. The van der Waals surface area contributed by atoms with E-state index in [4.69, 9.17) is 11.6 Å². The number of carbonyl (C=O) groups excluding carboxylic acids is 1. The van der Waals surface area contributed by atoms with Crippen LogP contribution in [0.1, 0.15) is 12.5 Å². The van der Waals surface area contributed by atoms with Gasteiger partial charge in [-0.15, -0.1) is 0 Å². The van der Waals surface area contributed by atoms with Crippen molar-refractivity contribution in [1.29, 1.82) is 0 Å². The molecule has 0 fully saturated rings. The van der Waals surface area contributed by atoms with Gasteiger partial charge in [0.2, 0.25) is 5.91 Å². The predicted molar refractivity (Wildman–Crippen MR) is 91.3 cm³/mol. The Bertz CT molecular complexity index is 831. The lowest BCUT2D eigenvalue weighted by atomic mass is 10.2. The van der Waals surface area contributed by atoms with Gasteiger partial charge in [0.15, 0.2) is 0 Å². The summed E-state index contributed by atoms with van der Waals surface area (Å²) >= 11 is 6.85. The second kappa shape index (κ2) is 7.92. The molecule has 0 aliphatic rings. The Kier molecular flexibility index (Phi) is 6.09. The van der Waals surface area contributed by atoms with Crippen molar-refractivity contribution in [2.45, 2.75) is 23.4 Å². The van der Waals surface area contributed by atoms with E-state index in [1.165, 1.54) is 19.1 Å². The van der Waals surface area contributed by atoms with Crippen LogP contribution in [-0.2, 0) is 11.0 Å². The first-order chi connectivity index (χ1) is 12.1. The van der Waals surface area contributed by atoms with Gasteiger partial charge in [0.05, 0.1) is 31.5 Å². The maximum absolute atomic E-state index is 12.5. The third-order valence-corrected chi connectivity index (χ3v) is 4.53. The van der Waals surface area contributed by atoms with Crippen LogP contribution in [0.5, 0.6) is 0 Å². The standard InChI is InChI=1S/C15H11ClF3N3O3S/c1-8(26-13-5-2-9(7-20-13)15(17,18)19)14(23)21-12-6-10(22(24)25)3-4-11(12)16/h2-8H,1H3,(H,21,23). The number of nitro groups is 1. The van der Waals surface area contributed by atoms with Crippen LogP contribution in [0.15, 0.2) is 41.6 Å². The van der Waals surface area contributed by atoms with E-state index in [9.17, 15) is 28.1 Å². The minimum atomic E-state index is -4.49. The van der Waals surface area contributed by atoms with Crippen LogP contribution < -0.4 is 5.32 Å². The fraction of sp³-hybridized carbons (Fsp3) is 0.200. The van der Waals surface area contributed by atoms with E-state index < -0.39 is 27.8 Å². The number of rotatable bonds is 5. The lowest BCUT2D eigenvalue weighted by Gasteiger charge is -2.13. The van der Waals surface area contributed by atoms with Crippen molar-refractivity contribution in [3.05, 3.63) is 57.2 Å². The molecule has 1 unspecified atom stereocenters. The number of amides is 1. The highest BCUT2D eigenvalue weighted by Gasteiger charge is 2.30. The molecule has 0 aliphatic carbocycles. The highest BCUT2D eigenvalue weighted by Crippen LogP contribution is 2.31. The third kappa shape index (κ3) is 5.09. The van der Waals surface area contributed by atoms with Crippen molar-refractivity contribution in [3.8, 4) is 0 Å². The summed E-state index contributed by atoms with van der Waals surface area (Å²) in [5.74, 6) is -0.529. The van der Waals surface area contributed by atoms with Crippen LogP contribution in [-0.4, -0.2) is 21.1 Å². The fourth-order valence-electron chi connectivity index (χ4n) is 1.81. The van der Waals surface area contributed by atoms with Crippen molar-refractivity contribution in [3.63, 3.8) is 0 Å². The van der Waals surface area contributed by atoms with Gasteiger partial charge in [-0.2, -0.15) is 13.2 Å². The molecule has 6 nitrogen and oxygen atoms in total. The summed E-state index contributed by atoms with van der Waals surface area (Å²) in [6, 6.07) is 5.63. The number of carbonyl (C=O) groups is 1. The van der Waals surface area contributed by atoms with E-state index in [-0.39, 0.29) is 21.4 Å². The monoisotopic (exact) mass is 405 g/mol. The number of hydrogen-bond donors (Lipinski definition) is 1. The van der Waals surface area contributed by atoms with Crippen molar-refractivity contribution < 1.29 is 22.9 Å². The topological polar surface area (TPSA) is 85.1 Å². The van der Waals surface area contributed by atoms with Crippen LogP contribution in [0.4, 0.5) is 24.5 Å². The Morgan fingerprint density at radius 2 is 2.04 bits per heavy atom. The molecule has 1 aromatic heterocycles. The molecule has 26 heavy (non-hydrogen) atoms. The first-order valence-corrected chi connectivity index (χ1v) is 8.28. The molecule has 138 valence electrons. The van der Waals surface area contributed by atoms with E-state index >= 15 is 0 Å². The van der Waals surface area contributed by atoms with Crippen LogP contribution in [0.3, 0.4) is 0 Å². The zero-order chi connectivity index (χ0) is 19.5. The number of nitrogens with zero attached hydrogens (tertiary/aromatic N) is 2. The highest BCUT2D eigenvalue weighted by molar-refractivity contribution is 8.00. The number of thioether (sulfide) groups is 1. The van der Waals surface area contributed by atoms with Crippen molar-refractivity contribution in [2.75, 3.05) is 5.32 Å². The summed E-state index contributed by atoms with van der Waals surface area (Å²) in [4.78, 5) is 26.0. The van der Waals surface area contributed by atoms with E-state index in [0.717, 1.165) is 30.0 Å². The van der Waals surface area contributed by atoms with Crippen LogP contribution in [0.2, 0.25) is 5.02 Å². The molecule has 0 bridgehead atoms. The number of benzene rings is 1. The molecule has 0 aliphatic heterocycles. The summed E-state index contributed by atoms with van der Waals surface area (Å²) in [5, 5.41) is 12.9. The van der Waals surface area contributed by atoms with Gasteiger partial charge in [0.25, 0.3) is 5.69 Å². The number of non-ortho nitro benzene ring substituents is 1. The number of nitrogens with one attached hydrogen (secondary N) is 1. The van der Waals surface area contributed by atoms with Crippen molar-refractivity contribution >= 4 is 40.6 Å². The number of nitro benzene ring substituents is 1. The van der Waals surface area contributed by atoms with Crippen molar-refractivity contribution in [2.24, 2.45) is 0 Å². The number of alkyl halides is 3. The van der Waals surface area contributed by atoms with E-state index in [0.29, 0.717) is 6.20 Å². The summed E-state index contributed by atoms with van der Waals surface area (Å²) < 4.78 is 37.5. The SMILES string of the molecule is CC(Sc1ccc(C(F)(F)F)cn1)C(=O)Nc1cc([N+](=O)[O-])ccc1Cl. The van der Waals surface area contributed by atoms with Gasteiger partial charge in [-0.05, 0) is 25.1 Å². The molecule has 1 atom stereocenters. The maximum atomic E-state index is 12.5. The van der Waals surface area contributed by atoms with Gasteiger partial charge in [-0.3, -0.25) is 14.9 Å². The summed E-state index contributed by atoms with van der Waals surface area (Å²) in [5.41, 5.74) is -1.06. The molecule has 11 heteroatoms. The Balaban J connectivity index is 2.06. The predicted octanol–water partition coefficient (Wildman–Crippen LogP) is 4.78. The molecule has 0 radical (unpaired) electrons. The average molecular weight is 406 g/mol. The summed E-state index contributed by atoms with van der Waals surface area (Å²) in [7, 11) is 0. The fourth-order valence-corrected chi connectivity index (χ4v) is 2.76. The van der Waals surface area contributed by atoms with Crippen molar-refractivity contribution in [1.82, 2.24) is 4.98 Å². The van der Waals surface area contributed by atoms with Gasteiger partial charge >= 0.3 is 6.18 Å². The molecule has 2 aromatic rings. The maximum Gasteiger partial charge on any atom is 0.417 e. The Hall–Kier alpha value is -2.33. The highest BCUT2D eigenvalue weighted by atomic mass is 35.5. The Morgan fingerprint density at radius 3 is 2.58 bits per heavy atom. The molecule has 1 aromatic carbocycles. The Morgan fingerprint density at radius 1 is 1.35 bits per heavy atom.